The minimum Gasteiger partial charge on any atom is -0.308 e. The lowest BCUT2D eigenvalue weighted by Gasteiger charge is -2.03. The Balaban J connectivity index is 0.00000192. The summed E-state index contributed by atoms with van der Waals surface area (Å²) in [5.41, 5.74) is 0.896. The van der Waals surface area contributed by atoms with Crippen molar-refractivity contribution in [2.24, 2.45) is 5.92 Å². The second-order valence-corrected chi connectivity index (χ2v) is 6.68. The first-order valence-electron chi connectivity index (χ1n) is 7.39. The Morgan fingerprint density at radius 3 is 2.96 bits per heavy atom. The molecular weight excluding hydrogens is 337 g/mol. The zero-order valence-electron chi connectivity index (χ0n) is 12.5. The first-order chi connectivity index (χ1) is 10.7. The monoisotopic (exact) mass is 355 g/mol. The Hall–Kier alpha value is -1.50. The van der Waals surface area contributed by atoms with Gasteiger partial charge in [-0.15, -0.1) is 23.7 Å². The number of nitrogens with one attached hydrogen (secondary N) is 2. The lowest BCUT2D eigenvalue weighted by atomic mass is 10.1. The molecule has 23 heavy (non-hydrogen) atoms. The number of hydrogen-bond acceptors (Lipinski definition) is 4. The molecule has 2 N–H and O–H groups in total. The van der Waals surface area contributed by atoms with Gasteiger partial charge in [0.05, 0.1) is 6.54 Å². The third-order valence-electron chi connectivity index (χ3n) is 3.48. The van der Waals surface area contributed by atoms with Gasteiger partial charge in [0.1, 0.15) is 5.82 Å². The van der Waals surface area contributed by atoms with Crippen molar-refractivity contribution < 1.29 is 9.18 Å². The van der Waals surface area contributed by atoms with Crippen molar-refractivity contribution in [2.75, 3.05) is 18.4 Å². The normalized spacial score (nSPS) is 13.4. The van der Waals surface area contributed by atoms with Crippen molar-refractivity contribution in [3.05, 3.63) is 46.7 Å². The number of amides is 1. The van der Waals surface area contributed by atoms with Gasteiger partial charge >= 0.3 is 0 Å². The van der Waals surface area contributed by atoms with E-state index in [0.29, 0.717) is 18.1 Å². The highest BCUT2D eigenvalue weighted by Crippen LogP contribution is 2.27. The van der Waals surface area contributed by atoms with Crippen LogP contribution in [0.4, 0.5) is 9.52 Å². The van der Waals surface area contributed by atoms with Crippen LogP contribution in [-0.2, 0) is 11.2 Å². The first kappa shape index (κ1) is 17.8. The number of halogens is 2. The summed E-state index contributed by atoms with van der Waals surface area (Å²) < 4.78 is 13.2. The van der Waals surface area contributed by atoms with E-state index in [-0.39, 0.29) is 24.1 Å². The topological polar surface area (TPSA) is 54.0 Å². The van der Waals surface area contributed by atoms with Crippen molar-refractivity contribution in [1.29, 1.82) is 0 Å². The molecule has 1 aliphatic rings. The smallest absolute Gasteiger partial charge is 0.240 e. The Morgan fingerprint density at radius 2 is 2.22 bits per heavy atom. The van der Waals surface area contributed by atoms with Crippen LogP contribution in [0.1, 0.15) is 23.3 Å². The van der Waals surface area contributed by atoms with Gasteiger partial charge in [0.2, 0.25) is 5.91 Å². The van der Waals surface area contributed by atoms with Crippen LogP contribution in [0.25, 0.3) is 0 Å². The van der Waals surface area contributed by atoms with E-state index in [1.54, 1.807) is 12.3 Å². The Kier molecular flexibility index (Phi) is 6.50. The van der Waals surface area contributed by atoms with Crippen LogP contribution < -0.4 is 10.6 Å². The zero-order chi connectivity index (χ0) is 15.4. The molecule has 3 rings (SSSR count). The maximum Gasteiger partial charge on any atom is 0.240 e. The number of rotatable bonds is 7. The Morgan fingerprint density at radius 1 is 1.39 bits per heavy atom. The van der Waals surface area contributed by atoms with Gasteiger partial charge in [-0.05, 0) is 43.0 Å². The summed E-state index contributed by atoms with van der Waals surface area (Å²) in [6, 6.07) is 6.51. The highest BCUT2D eigenvalue weighted by atomic mass is 35.5. The number of aromatic nitrogens is 1. The molecule has 4 nitrogen and oxygen atoms in total. The average molecular weight is 356 g/mol. The van der Waals surface area contributed by atoms with Gasteiger partial charge in [-0.25, -0.2) is 9.37 Å². The summed E-state index contributed by atoms with van der Waals surface area (Å²) >= 11 is 1.42. The molecule has 2 aromatic rings. The van der Waals surface area contributed by atoms with E-state index in [4.69, 9.17) is 0 Å². The van der Waals surface area contributed by atoms with E-state index in [9.17, 15) is 9.18 Å². The number of carbonyl (C=O) groups is 1. The predicted molar refractivity (Wildman–Crippen MR) is 92.8 cm³/mol. The van der Waals surface area contributed by atoms with Gasteiger partial charge < -0.3 is 10.6 Å². The zero-order valence-corrected chi connectivity index (χ0v) is 14.2. The summed E-state index contributed by atoms with van der Waals surface area (Å²) in [5.74, 6) is 0.440. The molecule has 1 aromatic carbocycles. The maximum absolute atomic E-state index is 13.2. The van der Waals surface area contributed by atoms with Gasteiger partial charge in [-0.2, -0.15) is 0 Å². The van der Waals surface area contributed by atoms with Crippen LogP contribution in [-0.4, -0.2) is 24.0 Å². The Bertz CT molecular complexity index is 660. The van der Waals surface area contributed by atoms with Gasteiger partial charge in [0, 0.05) is 17.5 Å². The molecule has 1 aliphatic carbocycles. The molecule has 1 saturated carbocycles. The summed E-state index contributed by atoms with van der Waals surface area (Å²) in [6.45, 7) is 1.23. The van der Waals surface area contributed by atoms with Gasteiger partial charge in [0.25, 0.3) is 0 Å². The molecule has 0 atom stereocenters. The molecular formula is C16H19ClFN3OS. The number of hydrogen-bond donors (Lipinski definition) is 2. The van der Waals surface area contributed by atoms with E-state index < -0.39 is 0 Å². The van der Waals surface area contributed by atoms with Crippen LogP contribution >= 0.6 is 23.7 Å². The molecule has 124 valence electrons. The number of carbonyl (C=O) groups excluding carboxylic acids is 1. The van der Waals surface area contributed by atoms with Crippen molar-refractivity contribution in [1.82, 2.24) is 10.3 Å². The summed E-state index contributed by atoms with van der Waals surface area (Å²) in [5, 5.41) is 6.52. The van der Waals surface area contributed by atoms with Crippen molar-refractivity contribution in [3.63, 3.8) is 0 Å². The number of thiazole rings is 1. The minimum absolute atomic E-state index is 0. The molecule has 1 heterocycles. The van der Waals surface area contributed by atoms with Gasteiger partial charge in [-0.3, -0.25) is 4.79 Å². The Labute approximate surface area is 144 Å². The highest BCUT2D eigenvalue weighted by molar-refractivity contribution is 7.15. The van der Waals surface area contributed by atoms with E-state index in [1.807, 2.05) is 6.07 Å². The van der Waals surface area contributed by atoms with Gasteiger partial charge in [0.15, 0.2) is 5.13 Å². The van der Waals surface area contributed by atoms with E-state index in [2.05, 4.69) is 15.6 Å². The summed E-state index contributed by atoms with van der Waals surface area (Å²) in [6.07, 6.45) is 4.88. The molecule has 0 saturated heterocycles. The maximum atomic E-state index is 13.2. The molecule has 0 spiro atoms. The molecule has 1 fully saturated rings. The standard InChI is InChI=1S/C16H18FN3OS.ClH/c17-13-3-1-2-12(6-13)7-14-9-19-16(22-14)20-15(21)10-18-8-11-4-5-11;/h1-3,6,9,11,18H,4-5,7-8,10H2,(H,19,20,21);1H. The fraction of sp³-hybridized carbons (Fsp3) is 0.375. The predicted octanol–water partition coefficient (Wildman–Crippen LogP) is 3.23. The minimum atomic E-state index is -0.239. The van der Waals surface area contributed by atoms with E-state index in [0.717, 1.165) is 22.9 Å². The number of anilines is 1. The van der Waals surface area contributed by atoms with Crippen LogP contribution in [0.2, 0.25) is 0 Å². The van der Waals surface area contributed by atoms with Crippen LogP contribution in [0.5, 0.6) is 0 Å². The van der Waals surface area contributed by atoms with Crippen LogP contribution in [0, 0.1) is 11.7 Å². The van der Waals surface area contributed by atoms with Gasteiger partial charge in [-0.1, -0.05) is 12.1 Å². The van der Waals surface area contributed by atoms with Crippen molar-refractivity contribution >= 4 is 34.8 Å². The molecule has 7 heteroatoms. The number of nitrogens with zero attached hydrogens (tertiary/aromatic N) is 1. The lowest BCUT2D eigenvalue weighted by molar-refractivity contribution is -0.115. The molecule has 0 radical (unpaired) electrons. The molecule has 1 amide bonds. The first-order valence-corrected chi connectivity index (χ1v) is 8.20. The summed E-state index contributed by atoms with van der Waals surface area (Å²) in [7, 11) is 0. The third kappa shape index (κ3) is 5.89. The molecule has 0 bridgehead atoms. The molecule has 1 aromatic heterocycles. The van der Waals surface area contributed by atoms with Crippen LogP contribution in [0.15, 0.2) is 30.5 Å². The number of benzene rings is 1. The molecule has 0 aliphatic heterocycles. The largest absolute Gasteiger partial charge is 0.308 e. The fourth-order valence-electron chi connectivity index (χ4n) is 2.17. The third-order valence-corrected chi connectivity index (χ3v) is 4.40. The lowest BCUT2D eigenvalue weighted by Crippen LogP contribution is -2.29. The van der Waals surface area contributed by atoms with E-state index in [1.165, 1.54) is 36.3 Å². The fourth-order valence-corrected chi connectivity index (χ4v) is 3.03. The van der Waals surface area contributed by atoms with Crippen LogP contribution in [0.3, 0.4) is 0 Å². The van der Waals surface area contributed by atoms with Crippen molar-refractivity contribution in [2.45, 2.75) is 19.3 Å². The average Bonchev–Trinajstić information content (AvgIpc) is 3.20. The molecule has 0 unspecified atom stereocenters. The SMILES string of the molecule is Cl.O=C(CNCC1CC1)Nc1ncc(Cc2cccc(F)c2)s1. The highest BCUT2D eigenvalue weighted by Gasteiger charge is 2.20. The second-order valence-electron chi connectivity index (χ2n) is 5.56. The summed E-state index contributed by atoms with van der Waals surface area (Å²) in [4.78, 5) is 17.0. The second kappa shape index (κ2) is 8.38. The quantitative estimate of drug-likeness (QED) is 0.801. The van der Waals surface area contributed by atoms with Crippen molar-refractivity contribution in [3.8, 4) is 0 Å². The van der Waals surface area contributed by atoms with E-state index >= 15 is 0 Å².